The first-order chi connectivity index (χ1) is 20.7. The van der Waals surface area contributed by atoms with Crippen LogP contribution in [0.3, 0.4) is 0 Å². The van der Waals surface area contributed by atoms with Gasteiger partial charge in [-0.15, -0.1) is 11.3 Å². The minimum Gasteiger partial charge on any atom is -0.476 e. The predicted octanol–water partition coefficient (Wildman–Crippen LogP) is 4.93. The van der Waals surface area contributed by atoms with Gasteiger partial charge in [-0.1, -0.05) is 38.1 Å². The molecule has 4 N–H and O–H groups in total. The lowest BCUT2D eigenvalue weighted by molar-refractivity contribution is -0.159. The molecule has 0 spiro atoms. The van der Waals surface area contributed by atoms with Gasteiger partial charge >= 0.3 is 17.9 Å². The third-order valence-electron chi connectivity index (χ3n) is 6.78. The highest BCUT2D eigenvalue weighted by molar-refractivity contribution is 7.13. The summed E-state index contributed by atoms with van der Waals surface area (Å²) in [6.07, 6.45) is 3.15. The average Bonchev–Trinajstić information content (AvgIpc) is 3.62. The number of rotatable bonds is 9. The van der Waals surface area contributed by atoms with E-state index in [-0.39, 0.29) is 11.5 Å². The van der Waals surface area contributed by atoms with Crippen molar-refractivity contribution >= 4 is 45.4 Å². The Morgan fingerprint density at radius 3 is 2.23 bits per heavy atom. The predicted molar refractivity (Wildman–Crippen MR) is 162 cm³/mol. The van der Waals surface area contributed by atoms with Gasteiger partial charge in [-0.2, -0.15) is 0 Å². The molecule has 0 atom stereocenters. The lowest BCUT2D eigenvalue weighted by Gasteiger charge is -2.31. The zero-order valence-corrected chi connectivity index (χ0v) is 24.9. The van der Waals surface area contributed by atoms with Gasteiger partial charge in [-0.05, 0) is 61.7 Å². The maximum atomic E-state index is 13.4. The lowest BCUT2D eigenvalue weighted by atomic mass is 9.93. The third-order valence-corrected chi connectivity index (χ3v) is 7.58. The monoisotopic (exact) mass is 613 g/mol. The van der Waals surface area contributed by atoms with Crippen molar-refractivity contribution in [3.8, 4) is 0 Å². The average molecular weight is 614 g/mol. The largest absolute Gasteiger partial charge is 0.476 e. The Morgan fingerprint density at radius 2 is 1.63 bits per heavy atom. The number of carboxylic acids is 3. The van der Waals surface area contributed by atoms with E-state index in [1.54, 1.807) is 5.38 Å². The van der Waals surface area contributed by atoms with Crippen LogP contribution in [-0.2, 0) is 22.6 Å². The molecule has 0 aliphatic carbocycles. The van der Waals surface area contributed by atoms with Crippen LogP contribution in [-0.4, -0.2) is 78.8 Å². The summed E-state index contributed by atoms with van der Waals surface area (Å²) in [6.45, 7) is 8.38. The number of nitrogens with zero attached hydrogens (tertiary/aromatic N) is 4. The summed E-state index contributed by atoms with van der Waals surface area (Å²) in [5.41, 5.74) is 3.27. The summed E-state index contributed by atoms with van der Waals surface area (Å²) < 4.78 is 15.7. The molecule has 0 unspecified atom stereocenters. The number of aliphatic carboxylic acids is 2. The van der Waals surface area contributed by atoms with E-state index in [4.69, 9.17) is 29.9 Å². The molecule has 0 saturated carbocycles. The van der Waals surface area contributed by atoms with Crippen molar-refractivity contribution in [1.29, 1.82) is 0 Å². The van der Waals surface area contributed by atoms with Gasteiger partial charge in [0.1, 0.15) is 11.6 Å². The molecule has 0 bridgehead atoms. The minimum absolute atomic E-state index is 0.0868. The molecular formula is C30H36FN5O6S. The number of benzene rings is 2. The molecule has 1 saturated heterocycles. The second kappa shape index (κ2) is 16.3. The number of hydrogen-bond acceptors (Lipinski definition) is 8. The number of carbonyl (C=O) groups is 3. The molecule has 0 amide bonds. The number of para-hydroxylation sites is 2. The lowest BCUT2D eigenvalue weighted by Crippen LogP contribution is -2.37. The summed E-state index contributed by atoms with van der Waals surface area (Å²) in [4.78, 5) is 40.6. The molecular weight excluding hydrogens is 577 g/mol. The van der Waals surface area contributed by atoms with E-state index >= 15 is 0 Å². The van der Waals surface area contributed by atoms with Gasteiger partial charge < -0.3 is 30.1 Å². The zero-order chi connectivity index (χ0) is 31.4. The van der Waals surface area contributed by atoms with E-state index in [1.165, 1.54) is 23.5 Å². The Hall–Kier alpha value is -4.36. The topological polar surface area (TPSA) is 158 Å². The quantitative estimate of drug-likeness (QED) is 0.191. The molecule has 0 radical (unpaired) electrons. The number of aromatic carboxylic acids is 1. The number of nitrogens with one attached hydrogen (secondary N) is 1. The number of hydrogen-bond donors (Lipinski definition) is 4. The fraction of sp³-hybridized carbons (Fsp3) is 0.367. The highest BCUT2D eigenvalue weighted by Gasteiger charge is 2.22. The minimum atomic E-state index is -1.82. The van der Waals surface area contributed by atoms with Crippen molar-refractivity contribution in [3.05, 3.63) is 76.8 Å². The van der Waals surface area contributed by atoms with E-state index in [2.05, 4.69) is 31.9 Å². The first kappa shape index (κ1) is 33.1. The van der Waals surface area contributed by atoms with Crippen molar-refractivity contribution in [1.82, 2.24) is 19.4 Å². The van der Waals surface area contributed by atoms with E-state index < -0.39 is 17.9 Å². The number of anilines is 1. The van der Waals surface area contributed by atoms with Gasteiger partial charge in [0, 0.05) is 31.4 Å². The molecule has 5 rings (SSSR count). The maximum absolute atomic E-state index is 13.4. The summed E-state index contributed by atoms with van der Waals surface area (Å²) >= 11 is 1.32. The van der Waals surface area contributed by atoms with Crippen molar-refractivity contribution in [3.63, 3.8) is 0 Å². The van der Waals surface area contributed by atoms with Crippen LogP contribution in [0.25, 0.3) is 11.0 Å². The summed E-state index contributed by atoms with van der Waals surface area (Å²) in [5.74, 6) is -3.20. The Balaban J connectivity index is 0.000000566. The zero-order valence-electron chi connectivity index (χ0n) is 24.1. The molecule has 1 fully saturated rings. The fourth-order valence-electron chi connectivity index (χ4n) is 4.68. The first-order valence-corrected chi connectivity index (χ1v) is 14.9. The summed E-state index contributed by atoms with van der Waals surface area (Å²) in [7, 11) is 0. The van der Waals surface area contributed by atoms with Crippen molar-refractivity contribution in [2.45, 2.75) is 39.7 Å². The molecule has 43 heavy (non-hydrogen) atoms. The van der Waals surface area contributed by atoms with Crippen LogP contribution in [0.5, 0.6) is 0 Å². The fourth-order valence-corrected chi connectivity index (χ4v) is 5.39. The van der Waals surface area contributed by atoms with Gasteiger partial charge in [-0.3, -0.25) is 0 Å². The van der Waals surface area contributed by atoms with Gasteiger partial charge in [-0.25, -0.2) is 28.7 Å². The smallest absolute Gasteiger partial charge is 0.414 e. The Labute approximate surface area is 252 Å². The maximum Gasteiger partial charge on any atom is 0.414 e. The Kier molecular flexibility index (Phi) is 12.6. The van der Waals surface area contributed by atoms with Crippen LogP contribution < -0.4 is 5.32 Å². The van der Waals surface area contributed by atoms with Gasteiger partial charge in [0.05, 0.1) is 11.0 Å². The van der Waals surface area contributed by atoms with Crippen LogP contribution in [0.4, 0.5) is 9.52 Å². The molecule has 13 heteroatoms. The number of aromatic nitrogens is 3. The standard InChI is InChI=1S/C26H28FN5O2S.C2H2O4.C2H6/c27-20-7-5-19(6-8-20)16-32-23-4-2-1-3-21(23)29-24(32)15-18-9-12-31(13-10-18)14-11-28-26-30-22(17-35-26)25(33)34;3-1(4)2(5)6;1-2/h1-8,17-18H,9-16H2,(H,28,30)(H,33,34);(H,3,4)(H,5,6);1-2H3. The number of thiazole rings is 1. The van der Waals surface area contributed by atoms with Crippen molar-refractivity contribution in [2.75, 3.05) is 31.5 Å². The highest BCUT2D eigenvalue weighted by atomic mass is 32.1. The molecule has 230 valence electrons. The molecule has 3 heterocycles. The SMILES string of the molecule is CC.O=C(O)C(=O)O.O=C(O)c1csc(NCCN2CCC(Cc3nc4ccccc4n3Cc3ccc(F)cc3)CC2)n1. The van der Waals surface area contributed by atoms with Crippen molar-refractivity contribution in [2.24, 2.45) is 5.92 Å². The van der Waals surface area contributed by atoms with E-state index in [1.807, 2.05) is 38.1 Å². The summed E-state index contributed by atoms with van der Waals surface area (Å²) in [5, 5.41) is 29.2. The Bertz CT molecular complexity index is 1490. The van der Waals surface area contributed by atoms with E-state index in [9.17, 15) is 9.18 Å². The second-order valence-corrected chi connectivity index (χ2v) is 10.5. The van der Waals surface area contributed by atoms with Crippen LogP contribution in [0.1, 0.15) is 48.6 Å². The number of halogens is 1. The molecule has 2 aromatic heterocycles. The normalized spacial score (nSPS) is 13.4. The van der Waals surface area contributed by atoms with Gasteiger partial charge in [0.25, 0.3) is 0 Å². The van der Waals surface area contributed by atoms with Crippen LogP contribution >= 0.6 is 11.3 Å². The second-order valence-electron chi connectivity index (χ2n) is 9.60. The van der Waals surface area contributed by atoms with Gasteiger partial charge in [0.15, 0.2) is 10.8 Å². The van der Waals surface area contributed by atoms with Crippen LogP contribution in [0.2, 0.25) is 0 Å². The summed E-state index contributed by atoms with van der Waals surface area (Å²) in [6, 6.07) is 14.9. The molecule has 1 aliphatic rings. The first-order valence-electron chi connectivity index (χ1n) is 14.0. The number of carboxylic acid groups (broad SMARTS) is 3. The van der Waals surface area contributed by atoms with Gasteiger partial charge in [0.2, 0.25) is 0 Å². The van der Waals surface area contributed by atoms with Crippen molar-refractivity contribution < 1.29 is 34.1 Å². The molecule has 11 nitrogen and oxygen atoms in total. The number of fused-ring (bicyclic) bond motifs is 1. The third kappa shape index (κ3) is 9.86. The van der Waals surface area contributed by atoms with E-state index in [0.717, 1.165) is 67.9 Å². The number of imidazole rings is 1. The van der Waals surface area contributed by atoms with E-state index in [0.29, 0.717) is 17.6 Å². The van der Waals surface area contributed by atoms with Crippen LogP contribution in [0.15, 0.2) is 53.9 Å². The molecule has 1 aliphatic heterocycles. The number of piperidine rings is 1. The molecule has 2 aromatic carbocycles. The van der Waals surface area contributed by atoms with Crippen LogP contribution in [0, 0.1) is 11.7 Å². The highest BCUT2D eigenvalue weighted by Crippen LogP contribution is 2.25. The number of likely N-dealkylation sites (tertiary alicyclic amines) is 1. The molecule has 4 aromatic rings. The Morgan fingerprint density at radius 1 is 0.977 bits per heavy atom.